The molecule has 0 aromatic carbocycles. The molecule has 5 heteroatoms. The van der Waals surface area contributed by atoms with Crippen molar-refractivity contribution in [2.45, 2.75) is 32.6 Å². The summed E-state index contributed by atoms with van der Waals surface area (Å²) in [4.78, 5) is 25.5. The molecule has 2 fully saturated rings. The molecular formula is C14H25N3O2. The van der Waals surface area contributed by atoms with E-state index in [1.807, 2.05) is 11.8 Å². The first-order valence-electron chi connectivity index (χ1n) is 7.46. The number of carbonyl (C=O) groups excluding carboxylic acids is 2. The molecule has 2 N–H and O–H groups in total. The van der Waals surface area contributed by atoms with E-state index in [1.54, 1.807) is 0 Å². The Hall–Kier alpha value is -1.10. The second kappa shape index (κ2) is 6.89. The molecule has 0 unspecified atom stereocenters. The maximum absolute atomic E-state index is 12.0. The molecule has 2 saturated heterocycles. The summed E-state index contributed by atoms with van der Waals surface area (Å²) in [6.07, 6.45) is 2.59. The van der Waals surface area contributed by atoms with Gasteiger partial charge in [-0.1, -0.05) is 6.92 Å². The number of carbonyl (C=O) groups is 2. The fourth-order valence-electron chi connectivity index (χ4n) is 2.97. The summed E-state index contributed by atoms with van der Waals surface area (Å²) in [5, 5.41) is 6.21. The number of nitrogens with one attached hydrogen (secondary N) is 2. The summed E-state index contributed by atoms with van der Waals surface area (Å²) < 4.78 is 0. The van der Waals surface area contributed by atoms with Crippen LogP contribution >= 0.6 is 0 Å². The molecule has 0 saturated carbocycles. The van der Waals surface area contributed by atoms with E-state index in [1.165, 1.54) is 0 Å². The molecule has 0 radical (unpaired) electrons. The molecule has 0 spiro atoms. The van der Waals surface area contributed by atoms with Crippen LogP contribution in [0.15, 0.2) is 0 Å². The molecular weight excluding hydrogens is 242 g/mol. The topological polar surface area (TPSA) is 61.4 Å². The minimum atomic E-state index is 0.0668. The predicted molar refractivity (Wildman–Crippen MR) is 73.6 cm³/mol. The van der Waals surface area contributed by atoms with Gasteiger partial charge in [-0.3, -0.25) is 9.59 Å². The van der Waals surface area contributed by atoms with Crippen molar-refractivity contribution < 1.29 is 9.59 Å². The summed E-state index contributed by atoms with van der Waals surface area (Å²) in [6.45, 7) is 6.66. The Balaban J connectivity index is 1.61. The lowest BCUT2D eigenvalue weighted by Crippen LogP contribution is -2.32. The first-order chi connectivity index (χ1) is 9.20. The molecule has 108 valence electrons. The highest BCUT2D eigenvalue weighted by molar-refractivity contribution is 5.79. The van der Waals surface area contributed by atoms with E-state index in [9.17, 15) is 9.59 Å². The van der Waals surface area contributed by atoms with Crippen molar-refractivity contribution in [2.24, 2.45) is 11.8 Å². The van der Waals surface area contributed by atoms with E-state index in [-0.39, 0.29) is 11.8 Å². The van der Waals surface area contributed by atoms with E-state index < -0.39 is 0 Å². The van der Waals surface area contributed by atoms with Gasteiger partial charge in [0.2, 0.25) is 11.8 Å². The van der Waals surface area contributed by atoms with Crippen molar-refractivity contribution in [3.8, 4) is 0 Å². The van der Waals surface area contributed by atoms with Gasteiger partial charge in [0.05, 0.1) is 0 Å². The first kappa shape index (κ1) is 14.3. The van der Waals surface area contributed by atoms with Crippen LogP contribution in [-0.4, -0.2) is 49.4 Å². The lowest BCUT2D eigenvalue weighted by Gasteiger charge is -2.17. The quantitative estimate of drug-likeness (QED) is 0.730. The summed E-state index contributed by atoms with van der Waals surface area (Å²) in [5.41, 5.74) is 0. The average Bonchev–Trinajstić information content (AvgIpc) is 2.96. The second-order valence-electron chi connectivity index (χ2n) is 5.68. The van der Waals surface area contributed by atoms with Crippen LogP contribution < -0.4 is 10.6 Å². The molecule has 0 aromatic heterocycles. The summed E-state index contributed by atoms with van der Waals surface area (Å²) in [6, 6.07) is 0. The third kappa shape index (κ3) is 3.93. The average molecular weight is 267 g/mol. The molecule has 5 nitrogen and oxygen atoms in total. The highest BCUT2D eigenvalue weighted by atomic mass is 16.2. The molecule has 0 aliphatic carbocycles. The third-order valence-corrected chi connectivity index (χ3v) is 4.11. The zero-order valence-electron chi connectivity index (χ0n) is 11.8. The number of nitrogens with zero attached hydrogens (tertiary/aromatic N) is 1. The van der Waals surface area contributed by atoms with Crippen molar-refractivity contribution in [1.82, 2.24) is 15.5 Å². The maximum Gasteiger partial charge on any atom is 0.222 e. The number of likely N-dealkylation sites (tertiary alicyclic amines) is 1. The minimum absolute atomic E-state index is 0.0668. The monoisotopic (exact) mass is 267 g/mol. The SMILES string of the molecule is CCCNC(=O)CCCC(=O)N1C[C@H]2CNC[C@H]2C1. The van der Waals surface area contributed by atoms with Gasteiger partial charge in [0.15, 0.2) is 0 Å². The Morgan fingerprint density at radius 2 is 1.89 bits per heavy atom. The molecule has 2 aliphatic heterocycles. The Bertz CT molecular complexity index is 321. The maximum atomic E-state index is 12.0. The molecule has 2 aliphatic rings. The molecule has 19 heavy (non-hydrogen) atoms. The second-order valence-corrected chi connectivity index (χ2v) is 5.68. The number of rotatable bonds is 6. The summed E-state index contributed by atoms with van der Waals surface area (Å²) >= 11 is 0. The van der Waals surface area contributed by atoms with Gasteiger partial charge in [-0.05, 0) is 24.7 Å². The Morgan fingerprint density at radius 1 is 1.21 bits per heavy atom. The van der Waals surface area contributed by atoms with Crippen LogP contribution in [0, 0.1) is 11.8 Å². The summed E-state index contributed by atoms with van der Waals surface area (Å²) in [7, 11) is 0. The Labute approximate surface area is 115 Å². The highest BCUT2D eigenvalue weighted by Crippen LogP contribution is 2.26. The smallest absolute Gasteiger partial charge is 0.222 e. The van der Waals surface area contributed by atoms with Crippen LogP contribution in [0.3, 0.4) is 0 Å². The van der Waals surface area contributed by atoms with Gasteiger partial charge in [-0.2, -0.15) is 0 Å². The van der Waals surface area contributed by atoms with E-state index >= 15 is 0 Å². The molecule has 2 amide bonds. The largest absolute Gasteiger partial charge is 0.356 e. The van der Waals surface area contributed by atoms with Gasteiger partial charge in [-0.15, -0.1) is 0 Å². The van der Waals surface area contributed by atoms with Gasteiger partial charge in [0.1, 0.15) is 0 Å². The molecule has 0 bridgehead atoms. The zero-order chi connectivity index (χ0) is 13.7. The molecule has 0 aromatic rings. The van der Waals surface area contributed by atoms with Gasteiger partial charge in [-0.25, -0.2) is 0 Å². The highest BCUT2D eigenvalue weighted by Gasteiger charge is 2.37. The fourth-order valence-corrected chi connectivity index (χ4v) is 2.97. The lowest BCUT2D eigenvalue weighted by atomic mass is 10.0. The number of hydrogen-bond acceptors (Lipinski definition) is 3. The van der Waals surface area contributed by atoms with Gasteiger partial charge in [0.25, 0.3) is 0 Å². The molecule has 2 atom stereocenters. The van der Waals surface area contributed by atoms with E-state index in [4.69, 9.17) is 0 Å². The van der Waals surface area contributed by atoms with Gasteiger partial charge in [0, 0.05) is 45.6 Å². The van der Waals surface area contributed by atoms with E-state index in [2.05, 4.69) is 10.6 Å². The van der Waals surface area contributed by atoms with Gasteiger partial charge < -0.3 is 15.5 Å². The number of amides is 2. The summed E-state index contributed by atoms with van der Waals surface area (Å²) in [5.74, 6) is 1.59. The fraction of sp³-hybridized carbons (Fsp3) is 0.857. The zero-order valence-corrected chi connectivity index (χ0v) is 11.8. The van der Waals surface area contributed by atoms with Crippen molar-refractivity contribution in [3.63, 3.8) is 0 Å². The van der Waals surface area contributed by atoms with Crippen molar-refractivity contribution in [2.75, 3.05) is 32.7 Å². The van der Waals surface area contributed by atoms with Crippen LogP contribution in [0.25, 0.3) is 0 Å². The Morgan fingerprint density at radius 3 is 2.53 bits per heavy atom. The number of fused-ring (bicyclic) bond motifs is 1. The van der Waals surface area contributed by atoms with Crippen molar-refractivity contribution in [1.29, 1.82) is 0 Å². The standard InChI is InChI=1S/C14H25N3O2/c1-2-6-16-13(18)4-3-5-14(19)17-9-11-7-15-8-12(11)10-17/h11-12,15H,2-10H2,1H3,(H,16,18)/t11-,12+. The van der Waals surface area contributed by atoms with Crippen LogP contribution in [0.2, 0.25) is 0 Å². The van der Waals surface area contributed by atoms with Crippen molar-refractivity contribution >= 4 is 11.8 Å². The van der Waals surface area contributed by atoms with E-state index in [0.29, 0.717) is 31.1 Å². The van der Waals surface area contributed by atoms with Crippen LogP contribution in [0.4, 0.5) is 0 Å². The normalized spacial score (nSPS) is 25.4. The minimum Gasteiger partial charge on any atom is -0.356 e. The molecule has 2 rings (SSSR count). The van der Waals surface area contributed by atoms with Crippen LogP contribution in [-0.2, 0) is 9.59 Å². The van der Waals surface area contributed by atoms with Gasteiger partial charge >= 0.3 is 0 Å². The van der Waals surface area contributed by atoms with E-state index in [0.717, 1.165) is 39.1 Å². The predicted octanol–water partition coefficient (Wildman–Crippen LogP) is 0.361. The lowest BCUT2D eigenvalue weighted by molar-refractivity contribution is -0.130. The van der Waals surface area contributed by atoms with Crippen molar-refractivity contribution in [3.05, 3.63) is 0 Å². The van der Waals surface area contributed by atoms with Crippen LogP contribution in [0.1, 0.15) is 32.6 Å². The van der Waals surface area contributed by atoms with Crippen LogP contribution in [0.5, 0.6) is 0 Å². The first-order valence-corrected chi connectivity index (χ1v) is 7.46. The Kier molecular flexibility index (Phi) is 5.19. The number of hydrogen-bond donors (Lipinski definition) is 2. The third-order valence-electron chi connectivity index (χ3n) is 4.11. The molecule has 2 heterocycles.